The van der Waals surface area contributed by atoms with Crippen molar-refractivity contribution in [2.24, 2.45) is 5.92 Å². The number of carbonyl (C=O) groups excluding carboxylic acids is 1. The van der Waals surface area contributed by atoms with Crippen LogP contribution in [-0.2, 0) is 20.5 Å². The van der Waals surface area contributed by atoms with E-state index in [1.165, 1.54) is 6.92 Å². The summed E-state index contributed by atoms with van der Waals surface area (Å²) < 4.78 is 17.9. The van der Waals surface area contributed by atoms with Gasteiger partial charge in [-0.1, -0.05) is 37.3 Å². The van der Waals surface area contributed by atoms with Gasteiger partial charge in [-0.2, -0.15) is 0 Å². The number of amides is 1. The lowest BCUT2D eigenvalue weighted by atomic mass is 10.1. The van der Waals surface area contributed by atoms with Gasteiger partial charge in [0.15, 0.2) is 0 Å². The fourth-order valence-electron chi connectivity index (χ4n) is 2.17. The molecule has 25 heavy (non-hydrogen) atoms. The molecule has 1 aromatic carbocycles. The predicted octanol–water partition coefficient (Wildman–Crippen LogP) is 3.07. The molecule has 0 radical (unpaired) electrons. The third kappa shape index (κ3) is 7.71. The van der Waals surface area contributed by atoms with Crippen LogP contribution in [0.15, 0.2) is 30.3 Å². The standard InChI is InChI=1S/C17H26NO6P/c1-12(15(19)20)11-25(22,23)14(10-13-8-6-5-7-9-13)18-16(21)24-17(2,3)4/h5-9,12,14H,10-11H2,1-4H3,(H,18,21)(H,19,20)(H,22,23)/t12?,14-/m1/s1. The highest BCUT2D eigenvalue weighted by Crippen LogP contribution is 2.48. The third-order valence-corrected chi connectivity index (χ3v) is 5.76. The summed E-state index contributed by atoms with van der Waals surface area (Å²) in [7, 11) is -3.99. The average molecular weight is 371 g/mol. The Morgan fingerprint density at radius 3 is 2.28 bits per heavy atom. The van der Waals surface area contributed by atoms with Crippen LogP contribution in [0.1, 0.15) is 33.3 Å². The van der Waals surface area contributed by atoms with E-state index in [4.69, 9.17) is 9.84 Å². The van der Waals surface area contributed by atoms with E-state index in [1.807, 2.05) is 6.07 Å². The quantitative estimate of drug-likeness (QED) is 0.635. The van der Waals surface area contributed by atoms with Gasteiger partial charge in [0.1, 0.15) is 11.4 Å². The lowest BCUT2D eigenvalue weighted by Gasteiger charge is -2.27. The molecular weight excluding hydrogens is 345 g/mol. The van der Waals surface area contributed by atoms with Gasteiger partial charge in [-0.15, -0.1) is 0 Å². The number of alkyl carbamates (subject to hydrolysis) is 1. The van der Waals surface area contributed by atoms with Crippen LogP contribution in [0.5, 0.6) is 0 Å². The van der Waals surface area contributed by atoms with Gasteiger partial charge < -0.3 is 20.1 Å². The number of hydrogen-bond donors (Lipinski definition) is 3. The van der Waals surface area contributed by atoms with Crippen LogP contribution in [0.25, 0.3) is 0 Å². The highest BCUT2D eigenvalue weighted by atomic mass is 31.2. The molecular formula is C17H26NO6P. The first kappa shape index (κ1) is 21.2. The van der Waals surface area contributed by atoms with Crippen molar-refractivity contribution in [3.05, 3.63) is 35.9 Å². The summed E-state index contributed by atoms with van der Waals surface area (Å²) in [4.78, 5) is 33.5. The van der Waals surface area contributed by atoms with E-state index in [0.717, 1.165) is 5.56 Å². The van der Waals surface area contributed by atoms with E-state index < -0.39 is 42.9 Å². The van der Waals surface area contributed by atoms with E-state index in [2.05, 4.69) is 5.32 Å². The second-order valence-electron chi connectivity index (χ2n) is 7.03. The number of carbonyl (C=O) groups is 2. The maximum atomic E-state index is 12.8. The molecule has 0 aliphatic carbocycles. The van der Waals surface area contributed by atoms with Crippen molar-refractivity contribution in [1.29, 1.82) is 0 Å². The lowest BCUT2D eigenvalue weighted by Crippen LogP contribution is -2.41. The molecule has 0 fully saturated rings. The zero-order valence-corrected chi connectivity index (χ0v) is 15.8. The lowest BCUT2D eigenvalue weighted by molar-refractivity contribution is -0.140. The fraction of sp³-hybridized carbons (Fsp3) is 0.529. The highest BCUT2D eigenvalue weighted by Gasteiger charge is 2.36. The van der Waals surface area contributed by atoms with Gasteiger partial charge >= 0.3 is 12.1 Å². The minimum absolute atomic E-state index is 0.0974. The molecule has 0 spiro atoms. The summed E-state index contributed by atoms with van der Waals surface area (Å²) >= 11 is 0. The Hall–Kier alpha value is -1.85. The summed E-state index contributed by atoms with van der Waals surface area (Å²) in [6.45, 7) is 6.41. The van der Waals surface area contributed by atoms with E-state index in [-0.39, 0.29) is 6.42 Å². The molecule has 3 atom stereocenters. The molecule has 2 unspecified atom stereocenters. The van der Waals surface area contributed by atoms with E-state index in [0.29, 0.717) is 0 Å². The zero-order valence-electron chi connectivity index (χ0n) is 14.9. The molecule has 3 N–H and O–H groups in total. The zero-order chi connectivity index (χ0) is 19.3. The number of benzene rings is 1. The van der Waals surface area contributed by atoms with Crippen molar-refractivity contribution in [3.8, 4) is 0 Å². The van der Waals surface area contributed by atoms with E-state index in [1.54, 1.807) is 45.0 Å². The Morgan fingerprint density at radius 2 is 1.80 bits per heavy atom. The van der Waals surface area contributed by atoms with Crippen molar-refractivity contribution >= 4 is 19.4 Å². The van der Waals surface area contributed by atoms with Crippen LogP contribution in [0.4, 0.5) is 4.79 Å². The molecule has 1 rings (SSSR count). The van der Waals surface area contributed by atoms with Crippen LogP contribution in [0.2, 0.25) is 0 Å². The smallest absolute Gasteiger partial charge is 0.408 e. The summed E-state index contributed by atoms with van der Waals surface area (Å²) in [5.74, 6) is -3.30. The fourth-order valence-corrected chi connectivity index (χ4v) is 4.17. The van der Waals surface area contributed by atoms with Gasteiger partial charge in [-0.05, 0) is 26.3 Å². The Bertz CT molecular complexity index is 640. The molecule has 0 heterocycles. The monoisotopic (exact) mass is 371 g/mol. The average Bonchev–Trinajstić information content (AvgIpc) is 2.45. The molecule has 0 bridgehead atoms. The van der Waals surface area contributed by atoms with E-state index in [9.17, 15) is 19.0 Å². The van der Waals surface area contributed by atoms with Gasteiger partial charge in [0.2, 0.25) is 7.37 Å². The van der Waals surface area contributed by atoms with Gasteiger partial charge in [0.05, 0.1) is 5.92 Å². The number of ether oxygens (including phenoxy) is 1. The molecule has 140 valence electrons. The summed E-state index contributed by atoms with van der Waals surface area (Å²) in [6, 6.07) is 8.91. The van der Waals surface area contributed by atoms with Gasteiger partial charge in [-0.25, -0.2) is 4.79 Å². The third-order valence-electron chi connectivity index (χ3n) is 3.40. The SMILES string of the molecule is CC(CP(=O)(O)[C@H](Cc1ccccc1)NC(=O)OC(C)(C)C)C(=O)O. The Labute approximate surface area is 147 Å². The van der Waals surface area contributed by atoms with Crippen molar-refractivity contribution in [2.45, 2.75) is 45.5 Å². The van der Waals surface area contributed by atoms with Crippen LogP contribution < -0.4 is 5.32 Å². The predicted molar refractivity (Wildman–Crippen MR) is 94.8 cm³/mol. The van der Waals surface area contributed by atoms with Crippen LogP contribution in [0.3, 0.4) is 0 Å². The molecule has 0 aliphatic heterocycles. The first-order chi connectivity index (χ1) is 11.4. The van der Waals surface area contributed by atoms with Crippen molar-refractivity contribution in [3.63, 3.8) is 0 Å². The van der Waals surface area contributed by atoms with Crippen LogP contribution >= 0.6 is 7.37 Å². The van der Waals surface area contributed by atoms with Gasteiger partial charge in [0, 0.05) is 12.6 Å². The van der Waals surface area contributed by atoms with E-state index >= 15 is 0 Å². The largest absolute Gasteiger partial charge is 0.481 e. The molecule has 1 amide bonds. The number of rotatable bonds is 7. The topological polar surface area (TPSA) is 113 Å². The normalized spacial score (nSPS) is 16.4. The maximum absolute atomic E-state index is 12.8. The number of carboxylic acids is 1. The molecule has 7 nitrogen and oxygen atoms in total. The number of aliphatic carboxylic acids is 1. The summed E-state index contributed by atoms with van der Waals surface area (Å²) in [5, 5.41) is 11.4. The van der Waals surface area contributed by atoms with Gasteiger partial charge in [0.25, 0.3) is 0 Å². The van der Waals surface area contributed by atoms with Crippen LogP contribution in [0, 0.1) is 5.92 Å². The summed E-state index contributed by atoms with van der Waals surface area (Å²) in [6.07, 6.45) is -1.15. The van der Waals surface area contributed by atoms with Gasteiger partial charge in [-0.3, -0.25) is 9.36 Å². The first-order valence-corrected chi connectivity index (χ1v) is 9.90. The Morgan fingerprint density at radius 1 is 1.24 bits per heavy atom. The molecule has 0 aliphatic rings. The molecule has 0 saturated carbocycles. The van der Waals surface area contributed by atoms with Crippen LogP contribution in [-0.4, -0.2) is 39.6 Å². The molecule has 0 saturated heterocycles. The number of carboxylic acid groups (broad SMARTS) is 1. The minimum Gasteiger partial charge on any atom is -0.481 e. The molecule has 0 aromatic heterocycles. The second-order valence-corrected chi connectivity index (χ2v) is 9.53. The minimum atomic E-state index is -3.99. The molecule has 8 heteroatoms. The Balaban J connectivity index is 2.99. The first-order valence-electron chi connectivity index (χ1n) is 7.98. The highest BCUT2D eigenvalue weighted by molar-refractivity contribution is 7.58. The summed E-state index contributed by atoms with van der Waals surface area (Å²) in [5.41, 5.74) is -0.00403. The number of hydrogen-bond acceptors (Lipinski definition) is 4. The van der Waals surface area contributed by atoms with Crippen molar-refractivity contribution in [2.75, 3.05) is 6.16 Å². The van der Waals surface area contributed by atoms with Crippen molar-refractivity contribution < 1.29 is 28.9 Å². The Kier molecular flexibility index (Phi) is 7.20. The molecule has 1 aromatic rings. The van der Waals surface area contributed by atoms with Crippen molar-refractivity contribution in [1.82, 2.24) is 5.32 Å². The number of nitrogens with one attached hydrogen (secondary N) is 1. The second kappa shape index (κ2) is 8.50. The maximum Gasteiger partial charge on any atom is 0.408 e.